The molecule has 0 saturated carbocycles. The predicted molar refractivity (Wildman–Crippen MR) is 109 cm³/mol. The van der Waals surface area contributed by atoms with Crippen LogP contribution in [0.3, 0.4) is 0 Å². The third-order valence-corrected chi connectivity index (χ3v) is 6.45. The molecule has 4 rings (SSSR count). The Morgan fingerprint density at radius 3 is 2.65 bits per heavy atom. The summed E-state index contributed by atoms with van der Waals surface area (Å²) in [6.07, 6.45) is 3.41. The molecule has 0 spiro atoms. The fraction of sp³-hybridized carbons (Fsp3) is 0.364. The molecule has 0 fully saturated rings. The average molecular weight is 365 g/mol. The van der Waals surface area contributed by atoms with Gasteiger partial charge < -0.3 is 4.90 Å². The van der Waals surface area contributed by atoms with Gasteiger partial charge in [0, 0.05) is 29.9 Å². The van der Waals surface area contributed by atoms with Crippen molar-refractivity contribution in [2.45, 2.75) is 33.1 Å². The van der Waals surface area contributed by atoms with Gasteiger partial charge in [0.1, 0.15) is 4.83 Å². The van der Waals surface area contributed by atoms with E-state index in [0.29, 0.717) is 0 Å². The highest BCUT2D eigenvalue weighted by molar-refractivity contribution is 7.19. The number of amides is 1. The van der Waals surface area contributed by atoms with Gasteiger partial charge in [-0.15, -0.1) is 11.3 Å². The first kappa shape index (κ1) is 17.2. The van der Waals surface area contributed by atoms with Crippen LogP contribution < -0.4 is 0 Å². The lowest BCUT2D eigenvalue weighted by Crippen LogP contribution is -2.24. The SMILES string of the molecule is Cc1nc2sc3c(c2c(-c2ccccc2)c1C(=O)N(C)C)CCC(C)C3. The van der Waals surface area contributed by atoms with E-state index in [1.165, 1.54) is 22.2 Å². The Morgan fingerprint density at radius 2 is 1.96 bits per heavy atom. The maximum absolute atomic E-state index is 13.0. The first-order valence-electron chi connectivity index (χ1n) is 9.19. The van der Waals surface area contributed by atoms with Gasteiger partial charge in [0.05, 0.1) is 11.3 Å². The van der Waals surface area contributed by atoms with E-state index in [4.69, 9.17) is 4.98 Å². The number of hydrogen-bond acceptors (Lipinski definition) is 3. The number of fused-ring (bicyclic) bond motifs is 3. The van der Waals surface area contributed by atoms with E-state index in [0.717, 1.165) is 46.0 Å². The molecular formula is C22H24N2OS. The zero-order valence-electron chi connectivity index (χ0n) is 15.8. The van der Waals surface area contributed by atoms with E-state index in [2.05, 4.69) is 19.1 Å². The first-order chi connectivity index (χ1) is 12.5. The Morgan fingerprint density at radius 1 is 1.23 bits per heavy atom. The van der Waals surface area contributed by atoms with Crippen LogP contribution in [0, 0.1) is 12.8 Å². The Labute approximate surface area is 158 Å². The zero-order chi connectivity index (χ0) is 18.4. The van der Waals surface area contributed by atoms with Crippen molar-refractivity contribution in [2.24, 2.45) is 5.92 Å². The van der Waals surface area contributed by atoms with Gasteiger partial charge in [-0.2, -0.15) is 0 Å². The highest BCUT2D eigenvalue weighted by atomic mass is 32.1. The molecule has 134 valence electrons. The molecule has 26 heavy (non-hydrogen) atoms. The van der Waals surface area contributed by atoms with Gasteiger partial charge >= 0.3 is 0 Å². The van der Waals surface area contributed by atoms with Crippen LogP contribution in [0.1, 0.15) is 39.8 Å². The summed E-state index contributed by atoms with van der Waals surface area (Å²) in [7, 11) is 3.62. The van der Waals surface area contributed by atoms with Crippen LogP contribution in [-0.4, -0.2) is 29.9 Å². The second-order valence-corrected chi connectivity index (χ2v) is 8.63. The van der Waals surface area contributed by atoms with E-state index >= 15 is 0 Å². The van der Waals surface area contributed by atoms with Gasteiger partial charge in [0.15, 0.2) is 0 Å². The molecule has 1 amide bonds. The monoisotopic (exact) mass is 364 g/mol. The van der Waals surface area contributed by atoms with Crippen LogP contribution in [0.5, 0.6) is 0 Å². The molecule has 3 nitrogen and oxygen atoms in total. The van der Waals surface area contributed by atoms with Gasteiger partial charge in [0.25, 0.3) is 5.91 Å². The minimum Gasteiger partial charge on any atom is -0.345 e. The number of aryl methyl sites for hydroxylation is 2. The van der Waals surface area contributed by atoms with Crippen molar-refractivity contribution in [3.8, 4) is 11.1 Å². The standard InChI is InChI=1S/C22H24N2OS/c1-13-10-11-16-17(12-13)26-21-20(16)19(15-8-6-5-7-9-15)18(14(2)23-21)22(25)24(3)4/h5-9,13H,10-12H2,1-4H3. The summed E-state index contributed by atoms with van der Waals surface area (Å²) in [5, 5.41) is 1.21. The van der Waals surface area contributed by atoms with Gasteiger partial charge in [0.2, 0.25) is 0 Å². The lowest BCUT2D eigenvalue weighted by Gasteiger charge is -2.20. The molecule has 0 aliphatic heterocycles. The number of thiophene rings is 1. The third kappa shape index (κ3) is 2.73. The summed E-state index contributed by atoms with van der Waals surface area (Å²) < 4.78 is 0. The molecule has 3 aromatic rings. The molecular weight excluding hydrogens is 340 g/mol. The van der Waals surface area contributed by atoms with Gasteiger partial charge in [-0.1, -0.05) is 37.3 Å². The molecule has 0 radical (unpaired) electrons. The van der Waals surface area contributed by atoms with E-state index in [1.807, 2.05) is 50.6 Å². The van der Waals surface area contributed by atoms with Gasteiger partial charge in [-0.05, 0) is 43.2 Å². The second-order valence-electron chi connectivity index (χ2n) is 7.54. The fourth-order valence-electron chi connectivity index (χ4n) is 3.97. The van der Waals surface area contributed by atoms with E-state index < -0.39 is 0 Å². The molecule has 0 bridgehead atoms. The number of carbonyl (C=O) groups excluding carboxylic acids is 1. The Hall–Kier alpha value is -2.20. The number of aromatic nitrogens is 1. The van der Waals surface area contributed by atoms with Crippen LogP contribution in [0.15, 0.2) is 30.3 Å². The molecule has 4 heteroatoms. The number of pyridine rings is 1. The van der Waals surface area contributed by atoms with Crippen LogP contribution in [-0.2, 0) is 12.8 Å². The van der Waals surface area contributed by atoms with Gasteiger partial charge in [-0.3, -0.25) is 4.79 Å². The number of carbonyl (C=O) groups is 1. The number of benzene rings is 1. The lowest BCUT2D eigenvalue weighted by atomic mass is 9.86. The average Bonchev–Trinajstić information content (AvgIpc) is 2.97. The summed E-state index contributed by atoms with van der Waals surface area (Å²) in [6, 6.07) is 10.3. The van der Waals surface area contributed by atoms with Crippen molar-refractivity contribution in [3.05, 3.63) is 52.0 Å². The van der Waals surface area contributed by atoms with E-state index in [9.17, 15) is 4.79 Å². The minimum atomic E-state index is 0.0277. The Bertz CT molecular complexity index is 989. The smallest absolute Gasteiger partial charge is 0.255 e. The summed E-state index contributed by atoms with van der Waals surface area (Å²) in [4.78, 5) is 22.1. The second kappa shape index (κ2) is 6.51. The van der Waals surface area contributed by atoms with Crippen molar-refractivity contribution >= 4 is 27.5 Å². The normalized spacial score (nSPS) is 16.5. The molecule has 0 saturated heterocycles. The first-order valence-corrected chi connectivity index (χ1v) is 10.0. The lowest BCUT2D eigenvalue weighted by molar-refractivity contribution is 0.0827. The molecule has 0 N–H and O–H groups in total. The van der Waals surface area contributed by atoms with Crippen LogP contribution in [0.4, 0.5) is 0 Å². The third-order valence-electron chi connectivity index (χ3n) is 5.31. The minimum absolute atomic E-state index is 0.0277. The quantitative estimate of drug-likeness (QED) is 0.634. The van der Waals surface area contributed by atoms with Crippen molar-refractivity contribution in [3.63, 3.8) is 0 Å². The summed E-state index contributed by atoms with van der Waals surface area (Å²) >= 11 is 1.82. The molecule has 1 aromatic carbocycles. The molecule has 1 unspecified atom stereocenters. The summed E-state index contributed by atoms with van der Waals surface area (Å²) in [5.41, 5.74) is 5.16. The number of rotatable bonds is 2. The maximum atomic E-state index is 13.0. The molecule has 1 aliphatic rings. The Balaban J connectivity index is 2.11. The van der Waals surface area contributed by atoms with Crippen LogP contribution in [0.2, 0.25) is 0 Å². The number of nitrogens with zero attached hydrogens (tertiary/aromatic N) is 2. The van der Waals surface area contributed by atoms with E-state index in [1.54, 1.807) is 4.90 Å². The maximum Gasteiger partial charge on any atom is 0.255 e. The molecule has 2 aromatic heterocycles. The zero-order valence-corrected chi connectivity index (χ0v) is 16.6. The Kier molecular flexibility index (Phi) is 4.31. The largest absolute Gasteiger partial charge is 0.345 e. The highest BCUT2D eigenvalue weighted by Gasteiger charge is 2.28. The molecule has 1 aliphatic carbocycles. The van der Waals surface area contributed by atoms with Crippen molar-refractivity contribution < 1.29 is 4.79 Å². The van der Waals surface area contributed by atoms with Crippen molar-refractivity contribution in [1.29, 1.82) is 0 Å². The fourth-order valence-corrected chi connectivity index (χ4v) is 5.40. The molecule has 1 atom stereocenters. The highest BCUT2D eigenvalue weighted by Crippen LogP contribution is 2.44. The van der Waals surface area contributed by atoms with Crippen LogP contribution >= 0.6 is 11.3 Å². The summed E-state index contributed by atoms with van der Waals surface area (Å²) in [5.74, 6) is 0.750. The summed E-state index contributed by atoms with van der Waals surface area (Å²) in [6.45, 7) is 4.29. The van der Waals surface area contributed by atoms with Crippen molar-refractivity contribution in [2.75, 3.05) is 14.1 Å². The predicted octanol–water partition coefficient (Wildman–Crippen LogP) is 5.10. The van der Waals surface area contributed by atoms with E-state index in [-0.39, 0.29) is 5.91 Å². The molecule has 2 heterocycles. The number of hydrogen-bond donors (Lipinski definition) is 0. The van der Waals surface area contributed by atoms with Crippen LogP contribution in [0.25, 0.3) is 21.3 Å². The van der Waals surface area contributed by atoms with Crippen molar-refractivity contribution in [1.82, 2.24) is 9.88 Å². The van der Waals surface area contributed by atoms with Gasteiger partial charge in [-0.25, -0.2) is 4.98 Å². The topological polar surface area (TPSA) is 33.2 Å².